The van der Waals surface area contributed by atoms with Crippen molar-refractivity contribution in [1.82, 2.24) is 0 Å². The van der Waals surface area contributed by atoms with Crippen molar-refractivity contribution in [3.05, 3.63) is 35.4 Å². The Bertz CT molecular complexity index is 419. The Balaban J connectivity index is 2.12. The van der Waals surface area contributed by atoms with Gasteiger partial charge in [0.15, 0.2) is 0 Å². The van der Waals surface area contributed by atoms with Crippen LogP contribution in [0.5, 0.6) is 0 Å². The van der Waals surface area contributed by atoms with Crippen molar-refractivity contribution >= 4 is 5.97 Å². The van der Waals surface area contributed by atoms with Gasteiger partial charge in [-0.2, -0.15) is 0 Å². The Hall–Kier alpha value is -1.31. The molecule has 0 spiro atoms. The van der Waals surface area contributed by atoms with E-state index in [-0.39, 0.29) is 5.41 Å². The molecule has 1 saturated carbocycles. The molecular weight excluding hydrogens is 212 g/mol. The summed E-state index contributed by atoms with van der Waals surface area (Å²) in [4.78, 5) is 11.1. The first kappa shape index (κ1) is 12.2. The molecule has 1 aliphatic rings. The highest BCUT2D eigenvalue weighted by molar-refractivity contribution is 5.78. The van der Waals surface area contributed by atoms with Crippen molar-refractivity contribution in [2.75, 3.05) is 0 Å². The summed E-state index contributed by atoms with van der Waals surface area (Å²) in [6.45, 7) is 6.55. The largest absolute Gasteiger partial charge is 0.481 e. The normalized spacial score (nSPS) is 17.8. The topological polar surface area (TPSA) is 37.3 Å². The lowest BCUT2D eigenvalue weighted by Crippen LogP contribution is -2.17. The van der Waals surface area contributed by atoms with Gasteiger partial charge in [-0.3, -0.25) is 4.79 Å². The maximum Gasteiger partial charge on any atom is 0.309 e. The maximum atomic E-state index is 11.1. The van der Waals surface area contributed by atoms with Crippen LogP contribution in [-0.4, -0.2) is 11.1 Å². The number of carbonyl (C=O) groups is 1. The fraction of sp³-hybridized carbons (Fsp3) is 0.533. The number of hydrogen-bond acceptors (Lipinski definition) is 1. The van der Waals surface area contributed by atoms with Crippen LogP contribution < -0.4 is 0 Å². The monoisotopic (exact) mass is 232 g/mol. The lowest BCUT2D eigenvalue weighted by atomic mass is 9.86. The molecular formula is C15H20O2. The van der Waals surface area contributed by atoms with E-state index in [1.807, 2.05) is 0 Å². The number of rotatable bonds is 3. The molecule has 0 unspecified atom stereocenters. The Labute approximate surface area is 103 Å². The smallest absolute Gasteiger partial charge is 0.309 e. The van der Waals surface area contributed by atoms with Crippen molar-refractivity contribution in [3.63, 3.8) is 0 Å². The van der Waals surface area contributed by atoms with E-state index in [1.54, 1.807) is 0 Å². The summed E-state index contributed by atoms with van der Waals surface area (Å²) in [5.74, 6) is -0.641. The highest BCUT2D eigenvalue weighted by atomic mass is 16.4. The number of benzene rings is 1. The molecule has 0 heterocycles. The molecule has 0 saturated heterocycles. The third-order valence-corrected chi connectivity index (χ3v) is 3.67. The zero-order valence-electron chi connectivity index (χ0n) is 10.8. The highest BCUT2D eigenvalue weighted by Gasteiger charge is 2.49. The van der Waals surface area contributed by atoms with Gasteiger partial charge in [0, 0.05) is 0 Å². The molecule has 0 amide bonds. The highest BCUT2D eigenvalue weighted by Crippen LogP contribution is 2.48. The second kappa shape index (κ2) is 3.86. The lowest BCUT2D eigenvalue weighted by molar-refractivity contribution is -0.143. The van der Waals surface area contributed by atoms with E-state index in [1.165, 1.54) is 5.56 Å². The van der Waals surface area contributed by atoms with E-state index in [0.717, 1.165) is 18.4 Å². The van der Waals surface area contributed by atoms with Gasteiger partial charge in [-0.05, 0) is 35.8 Å². The van der Waals surface area contributed by atoms with E-state index in [2.05, 4.69) is 45.0 Å². The Kier molecular flexibility index (Phi) is 2.76. The molecule has 0 atom stereocenters. The summed E-state index contributed by atoms with van der Waals surface area (Å²) in [7, 11) is 0. The van der Waals surface area contributed by atoms with Gasteiger partial charge < -0.3 is 5.11 Å². The van der Waals surface area contributed by atoms with Gasteiger partial charge >= 0.3 is 5.97 Å². The molecule has 1 aromatic carbocycles. The molecule has 1 N–H and O–H groups in total. The van der Waals surface area contributed by atoms with E-state index in [9.17, 15) is 4.79 Å². The molecule has 1 aromatic rings. The number of carboxylic acid groups (broad SMARTS) is 1. The third-order valence-electron chi connectivity index (χ3n) is 3.67. The van der Waals surface area contributed by atoms with Crippen LogP contribution in [0.4, 0.5) is 0 Å². The van der Waals surface area contributed by atoms with Gasteiger partial charge in [-0.25, -0.2) is 0 Å². The van der Waals surface area contributed by atoms with Crippen molar-refractivity contribution in [3.8, 4) is 0 Å². The van der Waals surface area contributed by atoms with Crippen LogP contribution in [0.2, 0.25) is 0 Å². The van der Waals surface area contributed by atoms with E-state index in [4.69, 9.17) is 5.11 Å². The van der Waals surface area contributed by atoms with Crippen LogP contribution in [0.25, 0.3) is 0 Å². The van der Waals surface area contributed by atoms with Crippen molar-refractivity contribution in [2.24, 2.45) is 5.41 Å². The SMILES string of the molecule is CC(C)(C)c1ccc(CC2(C(=O)O)CC2)cc1. The fourth-order valence-corrected chi connectivity index (χ4v) is 2.13. The van der Waals surface area contributed by atoms with Gasteiger partial charge in [0.1, 0.15) is 0 Å². The zero-order chi connectivity index (χ0) is 12.7. The molecule has 2 heteroatoms. The molecule has 0 aliphatic heterocycles. The third kappa shape index (κ3) is 2.51. The fourth-order valence-electron chi connectivity index (χ4n) is 2.13. The van der Waals surface area contributed by atoms with Crippen LogP contribution in [0, 0.1) is 5.41 Å². The molecule has 2 rings (SSSR count). The minimum absolute atomic E-state index is 0.155. The second-order valence-corrected chi connectivity index (χ2v) is 6.21. The Morgan fingerprint density at radius 2 is 1.76 bits per heavy atom. The quantitative estimate of drug-likeness (QED) is 0.867. The summed E-state index contributed by atoms with van der Waals surface area (Å²) in [6.07, 6.45) is 2.32. The molecule has 92 valence electrons. The summed E-state index contributed by atoms with van der Waals surface area (Å²) >= 11 is 0. The first-order chi connectivity index (χ1) is 7.83. The number of carboxylic acids is 1. The zero-order valence-corrected chi connectivity index (χ0v) is 10.8. The van der Waals surface area contributed by atoms with E-state index in [0.29, 0.717) is 6.42 Å². The Morgan fingerprint density at radius 3 is 2.12 bits per heavy atom. The number of aliphatic carboxylic acids is 1. The van der Waals surface area contributed by atoms with Crippen molar-refractivity contribution in [1.29, 1.82) is 0 Å². The molecule has 0 bridgehead atoms. The average Bonchev–Trinajstić information content (AvgIpc) is 2.98. The standard InChI is InChI=1S/C15H20O2/c1-14(2,3)12-6-4-11(5-7-12)10-15(8-9-15)13(16)17/h4-7H,8-10H2,1-3H3,(H,16,17). The lowest BCUT2D eigenvalue weighted by Gasteiger charge is -2.19. The summed E-state index contributed by atoms with van der Waals surface area (Å²) in [6, 6.07) is 8.38. The first-order valence-corrected chi connectivity index (χ1v) is 6.16. The molecule has 0 radical (unpaired) electrons. The molecule has 1 aliphatic carbocycles. The molecule has 0 aromatic heterocycles. The van der Waals surface area contributed by atoms with E-state index >= 15 is 0 Å². The van der Waals surface area contributed by atoms with Crippen LogP contribution in [0.3, 0.4) is 0 Å². The predicted molar refractivity (Wildman–Crippen MR) is 68.1 cm³/mol. The van der Waals surface area contributed by atoms with Crippen LogP contribution >= 0.6 is 0 Å². The molecule has 17 heavy (non-hydrogen) atoms. The van der Waals surface area contributed by atoms with Gasteiger partial charge in [-0.1, -0.05) is 45.0 Å². The predicted octanol–water partition coefficient (Wildman–Crippen LogP) is 3.39. The van der Waals surface area contributed by atoms with Crippen molar-refractivity contribution in [2.45, 2.75) is 45.4 Å². The van der Waals surface area contributed by atoms with Gasteiger partial charge in [0.05, 0.1) is 5.41 Å². The summed E-state index contributed by atoms with van der Waals surface area (Å²) < 4.78 is 0. The second-order valence-electron chi connectivity index (χ2n) is 6.21. The van der Waals surface area contributed by atoms with Crippen molar-refractivity contribution < 1.29 is 9.90 Å². The molecule has 1 fully saturated rings. The van der Waals surface area contributed by atoms with Crippen LogP contribution in [-0.2, 0) is 16.6 Å². The van der Waals surface area contributed by atoms with Gasteiger partial charge in [0.2, 0.25) is 0 Å². The number of hydrogen-bond donors (Lipinski definition) is 1. The average molecular weight is 232 g/mol. The minimum Gasteiger partial charge on any atom is -0.481 e. The van der Waals surface area contributed by atoms with Crippen LogP contribution in [0.15, 0.2) is 24.3 Å². The summed E-state index contributed by atoms with van der Waals surface area (Å²) in [5, 5.41) is 9.15. The first-order valence-electron chi connectivity index (χ1n) is 6.16. The Morgan fingerprint density at radius 1 is 1.24 bits per heavy atom. The summed E-state index contributed by atoms with van der Waals surface area (Å²) in [5.41, 5.74) is 2.13. The van der Waals surface area contributed by atoms with Gasteiger partial charge in [-0.15, -0.1) is 0 Å². The van der Waals surface area contributed by atoms with Crippen LogP contribution in [0.1, 0.15) is 44.7 Å². The molecule has 2 nitrogen and oxygen atoms in total. The maximum absolute atomic E-state index is 11.1. The minimum atomic E-state index is -0.641. The van der Waals surface area contributed by atoms with E-state index < -0.39 is 11.4 Å². The van der Waals surface area contributed by atoms with Gasteiger partial charge in [0.25, 0.3) is 0 Å².